The number of aliphatic hydroxyl groups excluding tert-OH is 1. The number of benzene rings is 1. The highest BCUT2D eigenvalue weighted by atomic mass is 32.1. The maximum absolute atomic E-state index is 12.1. The van der Waals surface area contributed by atoms with Gasteiger partial charge in [-0.15, -0.1) is 11.3 Å². The van der Waals surface area contributed by atoms with Crippen molar-refractivity contribution in [3.05, 3.63) is 29.3 Å². The summed E-state index contributed by atoms with van der Waals surface area (Å²) in [6.07, 6.45) is 2.98. The fraction of sp³-hybridized carbons (Fsp3) is 0.429. The minimum absolute atomic E-state index is 0.0421. The van der Waals surface area contributed by atoms with Crippen molar-refractivity contribution in [3.8, 4) is 0 Å². The van der Waals surface area contributed by atoms with E-state index < -0.39 is 0 Å². The van der Waals surface area contributed by atoms with Crippen molar-refractivity contribution in [1.29, 1.82) is 0 Å². The van der Waals surface area contributed by atoms with Gasteiger partial charge in [0.15, 0.2) is 0 Å². The zero-order chi connectivity index (χ0) is 13.3. The fourth-order valence-electron chi connectivity index (χ4n) is 2.30. The lowest BCUT2D eigenvalue weighted by Crippen LogP contribution is -2.30. The smallest absolute Gasteiger partial charge is 0.251 e. The molecule has 2 N–H and O–H groups in total. The van der Waals surface area contributed by atoms with Crippen LogP contribution in [0.15, 0.2) is 23.7 Å². The predicted molar refractivity (Wildman–Crippen MR) is 75.3 cm³/mol. The third kappa shape index (κ3) is 2.62. The van der Waals surface area contributed by atoms with Gasteiger partial charge < -0.3 is 10.4 Å². The van der Waals surface area contributed by atoms with E-state index in [0.29, 0.717) is 12.1 Å². The van der Waals surface area contributed by atoms with E-state index in [1.54, 1.807) is 5.51 Å². The molecule has 0 unspecified atom stereocenters. The highest BCUT2D eigenvalue weighted by Crippen LogP contribution is 2.47. The van der Waals surface area contributed by atoms with Gasteiger partial charge in [0.1, 0.15) is 0 Å². The lowest BCUT2D eigenvalue weighted by molar-refractivity contribution is 0.0941. The number of nitrogens with zero attached hydrogens (tertiary/aromatic N) is 1. The fourth-order valence-corrected chi connectivity index (χ4v) is 3.01. The zero-order valence-corrected chi connectivity index (χ0v) is 11.4. The van der Waals surface area contributed by atoms with Gasteiger partial charge in [-0.05, 0) is 42.9 Å². The Balaban J connectivity index is 1.66. The Morgan fingerprint density at radius 3 is 3.05 bits per heavy atom. The van der Waals surface area contributed by atoms with E-state index in [9.17, 15) is 4.79 Å². The third-order valence-electron chi connectivity index (χ3n) is 3.82. The van der Waals surface area contributed by atoms with Crippen LogP contribution >= 0.6 is 11.3 Å². The van der Waals surface area contributed by atoms with Gasteiger partial charge in [0.2, 0.25) is 0 Å². The van der Waals surface area contributed by atoms with Crippen molar-refractivity contribution in [2.45, 2.75) is 19.3 Å². The van der Waals surface area contributed by atoms with E-state index in [0.717, 1.165) is 29.5 Å². The molecule has 1 aromatic carbocycles. The number of thiazole rings is 1. The summed E-state index contributed by atoms with van der Waals surface area (Å²) in [6.45, 7) is 0.857. The van der Waals surface area contributed by atoms with Gasteiger partial charge in [-0.3, -0.25) is 4.79 Å². The summed E-state index contributed by atoms with van der Waals surface area (Å²) >= 11 is 1.54. The molecule has 1 saturated carbocycles. The van der Waals surface area contributed by atoms with Crippen LogP contribution in [0, 0.1) is 5.41 Å². The van der Waals surface area contributed by atoms with Gasteiger partial charge in [-0.25, -0.2) is 4.98 Å². The number of carbonyl (C=O) groups is 1. The number of aliphatic hydroxyl groups is 1. The number of aromatic nitrogens is 1. The lowest BCUT2D eigenvalue weighted by Gasteiger charge is -2.14. The molecule has 1 fully saturated rings. The van der Waals surface area contributed by atoms with Crippen molar-refractivity contribution >= 4 is 27.5 Å². The molecule has 4 nitrogen and oxygen atoms in total. The molecule has 0 atom stereocenters. The van der Waals surface area contributed by atoms with Crippen molar-refractivity contribution in [2.24, 2.45) is 5.41 Å². The van der Waals surface area contributed by atoms with Crippen molar-refractivity contribution in [3.63, 3.8) is 0 Å². The Labute approximate surface area is 115 Å². The lowest BCUT2D eigenvalue weighted by atomic mass is 10.0. The molecule has 0 bridgehead atoms. The Morgan fingerprint density at radius 1 is 1.47 bits per heavy atom. The van der Waals surface area contributed by atoms with Gasteiger partial charge >= 0.3 is 0 Å². The Bertz CT molecular complexity index is 604. The summed E-state index contributed by atoms with van der Waals surface area (Å²) in [7, 11) is 0. The normalized spacial score (nSPS) is 16.5. The molecule has 5 heteroatoms. The molecule has 0 spiro atoms. The Hall–Kier alpha value is -1.46. The van der Waals surface area contributed by atoms with Crippen LogP contribution in [-0.4, -0.2) is 29.1 Å². The third-order valence-corrected chi connectivity index (χ3v) is 4.61. The summed E-state index contributed by atoms with van der Waals surface area (Å²) in [5, 5.41) is 12.0. The number of hydrogen-bond donors (Lipinski definition) is 2. The summed E-state index contributed by atoms with van der Waals surface area (Å²) < 4.78 is 1.03. The minimum Gasteiger partial charge on any atom is -0.396 e. The molecule has 1 aliphatic carbocycles. The van der Waals surface area contributed by atoms with E-state index in [4.69, 9.17) is 5.11 Å². The Kier molecular flexibility index (Phi) is 3.24. The van der Waals surface area contributed by atoms with Crippen LogP contribution in [0.25, 0.3) is 10.2 Å². The first-order valence-corrected chi connectivity index (χ1v) is 7.33. The first kappa shape index (κ1) is 12.6. The molecule has 1 amide bonds. The van der Waals surface area contributed by atoms with Crippen LogP contribution in [0.1, 0.15) is 29.6 Å². The molecular formula is C14H16N2O2S. The number of rotatable bonds is 5. The zero-order valence-electron chi connectivity index (χ0n) is 10.6. The molecule has 0 radical (unpaired) electrons. The van der Waals surface area contributed by atoms with Crippen LogP contribution < -0.4 is 5.32 Å². The van der Waals surface area contributed by atoms with Gasteiger partial charge in [0.05, 0.1) is 15.7 Å². The minimum atomic E-state index is -0.0421. The number of hydrogen-bond acceptors (Lipinski definition) is 4. The van der Waals surface area contributed by atoms with E-state index in [1.807, 2.05) is 18.2 Å². The number of carbonyl (C=O) groups excluding carboxylic acids is 1. The molecule has 1 heterocycles. The van der Waals surface area contributed by atoms with Gasteiger partial charge in [0, 0.05) is 18.7 Å². The summed E-state index contributed by atoms with van der Waals surface area (Å²) in [6, 6.07) is 5.57. The van der Waals surface area contributed by atoms with Crippen LogP contribution in [0.4, 0.5) is 0 Å². The number of amides is 1. The van der Waals surface area contributed by atoms with E-state index in [2.05, 4.69) is 10.3 Å². The predicted octanol–water partition coefficient (Wildman–Crippen LogP) is 2.19. The van der Waals surface area contributed by atoms with Crippen LogP contribution in [0.2, 0.25) is 0 Å². The topological polar surface area (TPSA) is 62.2 Å². The van der Waals surface area contributed by atoms with E-state index in [-0.39, 0.29) is 17.9 Å². The Morgan fingerprint density at radius 2 is 2.32 bits per heavy atom. The largest absolute Gasteiger partial charge is 0.396 e. The summed E-state index contributed by atoms with van der Waals surface area (Å²) in [5.74, 6) is -0.0421. The molecule has 19 heavy (non-hydrogen) atoms. The van der Waals surface area contributed by atoms with Crippen LogP contribution in [-0.2, 0) is 0 Å². The highest BCUT2D eigenvalue weighted by molar-refractivity contribution is 7.16. The highest BCUT2D eigenvalue weighted by Gasteiger charge is 2.41. The summed E-state index contributed by atoms with van der Waals surface area (Å²) in [5.41, 5.74) is 3.54. The second-order valence-electron chi connectivity index (χ2n) is 5.19. The first-order valence-electron chi connectivity index (χ1n) is 6.45. The molecule has 1 aliphatic rings. The number of nitrogens with one attached hydrogen (secondary N) is 1. The maximum atomic E-state index is 12.1. The van der Waals surface area contributed by atoms with Crippen molar-refractivity contribution in [2.75, 3.05) is 13.2 Å². The second-order valence-corrected chi connectivity index (χ2v) is 6.08. The summed E-state index contributed by atoms with van der Waals surface area (Å²) in [4.78, 5) is 16.3. The first-order chi connectivity index (χ1) is 9.22. The van der Waals surface area contributed by atoms with Crippen LogP contribution in [0.3, 0.4) is 0 Å². The van der Waals surface area contributed by atoms with Crippen molar-refractivity contribution < 1.29 is 9.90 Å². The molecule has 0 saturated heterocycles. The van der Waals surface area contributed by atoms with Gasteiger partial charge in [-0.2, -0.15) is 0 Å². The van der Waals surface area contributed by atoms with Crippen LogP contribution in [0.5, 0.6) is 0 Å². The molecule has 1 aromatic heterocycles. The number of fused-ring (bicyclic) bond motifs is 1. The van der Waals surface area contributed by atoms with Gasteiger partial charge in [-0.1, -0.05) is 0 Å². The quantitative estimate of drug-likeness (QED) is 0.880. The van der Waals surface area contributed by atoms with Crippen molar-refractivity contribution in [1.82, 2.24) is 10.3 Å². The molecular weight excluding hydrogens is 260 g/mol. The monoisotopic (exact) mass is 276 g/mol. The molecule has 0 aliphatic heterocycles. The molecule has 3 rings (SSSR count). The average molecular weight is 276 g/mol. The maximum Gasteiger partial charge on any atom is 0.251 e. The van der Waals surface area contributed by atoms with E-state index >= 15 is 0 Å². The van der Waals surface area contributed by atoms with E-state index in [1.165, 1.54) is 11.3 Å². The standard InChI is InChI=1S/C14H16N2O2S/c17-6-5-14(3-4-14)8-15-13(18)10-1-2-11-12(7-10)19-9-16-11/h1-2,7,9,17H,3-6,8H2,(H,15,18). The average Bonchev–Trinajstić information content (AvgIpc) is 3.02. The van der Waals surface area contributed by atoms with Gasteiger partial charge in [0.25, 0.3) is 5.91 Å². The SMILES string of the molecule is O=C(NCC1(CCO)CC1)c1ccc2ncsc2c1. The molecule has 100 valence electrons. The second kappa shape index (κ2) is 4.90. The molecule has 2 aromatic rings.